The van der Waals surface area contributed by atoms with E-state index in [1.54, 1.807) is 0 Å². The van der Waals surface area contributed by atoms with E-state index in [2.05, 4.69) is 6.58 Å². The summed E-state index contributed by atoms with van der Waals surface area (Å²) >= 11 is 1.19. The zero-order valence-electron chi connectivity index (χ0n) is 4.62. The first kappa shape index (κ1) is 8.04. The number of hydrogen-bond donors (Lipinski definition) is 0. The van der Waals surface area contributed by atoms with Gasteiger partial charge >= 0.3 is 0 Å². The molecule has 0 radical (unpaired) electrons. The average Bonchev–Trinajstić information content (AvgIpc) is 1.59. The molecule has 0 amide bonds. The van der Waals surface area contributed by atoms with Crippen LogP contribution in [0.2, 0.25) is 0 Å². The first-order valence-corrected chi connectivity index (χ1v) is 5.07. The van der Waals surface area contributed by atoms with Gasteiger partial charge in [0, 0.05) is 6.26 Å². The lowest BCUT2D eigenvalue weighted by atomic mass is 11.3. The van der Waals surface area contributed by atoms with Gasteiger partial charge in [-0.15, -0.1) is 11.8 Å². The first-order chi connectivity index (χ1) is 3.56. The average molecular weight is 152 g/mol. The Morgan fingerprint density at radius 1 is 1.75 bits per heavy atom. The number of rotatable bonds is 3. The van der Waals surface area contributed by atoms with Crippen LogP contribution in [0.4, 0.5) is 0 Å². The molecule has 0 aromatic rings. The summed E-state index contributed by atoms with van der Waals surface area (Å²) in [5, 5.41) is 1.65. The lowest BCUT2D eigenvalue weighted by molar-refractivity contribution is 0.606. The van der Waals surface area contributed by atoms with Crippen molar-refractivity contribution in [2.45, 2.75) is 0 Å². The van der Waals surface area contributed by atoms with Gasteiger partial charge in [-0.05, 0) is 5.41 Å². The molecule has 0 saturated heterocycles. The number of sulfone groups is 1. The lowest BCUT2D eigenvalue weighted by Crippen LogP contribution is -1.96. The molecular formula is C4H8O2S2. The summed E-state index contributed by atoms with van der Waals surface area (Å²) in [4.78, 5) is 0. The third-order valence-corrected chi connectivity index (χ3v) is 2.89. The summed E-state index contributed by atoms with van der Waals surface area (Å²) in [6.45, 7) is 3.36. The zero-order chi connectivity index (χ0) is 6.62. The van der Waals surface area contributed by atoms with Crippen molar-refractivity contribution in [1.29, 1.82) is 0 Å². The number of hydrogen-bond acceptors (Lipinski definition) is 3. The fraction of sp³-hybridized carbons (Fsp3) is 0.500. The molecule has 0 rings (SSSR count). The highest BCUT2D eigenvalue weighted by Gasteiger charge is 1.97. The van der Waals surface area contributed by atoms with Crippen LogP contribution in [0.1, 0.15) is 0 Å². The summed E-state index contributed by atoms with van der Waals surface area (Å²) in [5.41, 5.74) is 0. The van der Waals surface area contributed by atoms with Crippen LogP contribution < -0.4 is 0 Å². The Morgan fingerprint density at radius 2 is 2.25 bits per heavy atom. The molecule has 0 aliphatic rings. The Bertz CT molecular complexity index is 157. The SMILES string of the molecule is C=CSCS(C)(=O)=O. The normalized spacial score (nSPS) is 11.1. The Morgan fingerprint density at radius 3 is 2.38 bits per heavy atom. The minimum atomic E-state index is -2.79. The van der Waals surface area contributed by atoms with Gasteiger partial charge in [0.05, 0.1) is 5.08 Å². The van der Waals surface area contributed by atoms with Crippen molar-refractivity contribution >= 4 is 21.6 Å². The van der Waals surface area contributed by atoms with E-state index in [1.807, 2.05) is 0 Å². The van der Waals surface area contributed by atoms with E-state index in [0.717, 1.165) is 0 Å². The lowest BCUT2D eigenvalue weighted by Gasteiger charge is -1.88. The molecule has 8 heavy (non-hydrogen) atoms. The van der Waals surface area contributed by atoms with Crippen molar-refractivity contribution in [2.24, 2.45) is 0 Å². The van der Waals surface area contributed by atoms with E-state index < -0.39 is 9.84 Å². The van der Waals surface area contributed by atoms with Gasteiger partial charge in [0.2, 0.25) is 0 Å². The van der Waals surface area contributed by atoms with Crippen LogP contribution in [0.25, 0.3) is 0 Å². The molecule has 0 aromatic carbocycles. The van der Waals surface area contributed by atoms with Crippen LogP contribution in [-0.2, 0) is 9.84 Å². The first-order valence-electron chi connectivity index (χ1n) is 1.96. The van der Waals surface area contributed by atoms with Gasteiger partial charge in [0.15, 0.2) is 9.84 Å². The second-order valence-corrected chi connectivity index (χ2v) is 4.84. The molecular weight excluding hydrogens is 144 g/mol. The number of thioether (sulfide) groups is 1. The summed E-state index contributed by atoms with van der Waals surface area (Å²) in [6, 6.07) is 0. The molecule has 0 saturated carbocycles. The second kappa shape index (κ2) is 3.14. The van der Waals surface area contributed by atoms with Crippen molar-refractivity contribution in [1.82, 2.24) is 0 Å². The van der Waals surface area contributed by atoms with Crippen LogP contribution in [0.3, 0.4) is 0 Å². The Balaban J connectivity index is 3.57. The highest BCUT2D eigenvalue weighted by Crippen LogP contribution is 2.02. The van der Waals surface area contributed by atoms with Crippen LogP contribution >= 0.6 is 11.8 Å². The maximum Gasteiger partial charge on any atom is 0.157 e. The summed E-state index contributed by atoms with van der Waals surface area (Å²) in [5.74, 6) is 0. The molecule has 0 heterocycles. The fourth-order valence-electron chi connectivity index (χ4n) is 0.172. The maximum absolute atomic E-state index is 10.3. The second-order valence-electron chi connectivity index (χ2n) is 1.38. The van der Waals surface area contributed by atoms with Gasteiger partial charge in [0.1, 0.15) is 0 Å². The zero-order valence-corrected chi connectivity index (χ0v) is 6.26. The van der Waals surface area contributed by atoms with Crippen molar-refractivity contribution in [3.05, 3.63) is 12.0 Å². The van der Waals surface area contributed by atoms with Gasteiger partial charge in [-0.3, -0.25) is 0 Å². The van der Waals surface area contributed by atoms with Gasteiger partial charge < -0.3 is 0 Å². The van der Waals surface area contributed by atoms with Crippen molar-refractivity contribution < 1.29 is 8.42 Å². The molecule has 0 aromatic heterocycles. The van der Waals surface area contributed by atoms with Crippen LogP contribution in [0.15, 0.2) is 12.0 Å². The van der Waals surface area contributed by atoms with Gasteiger partial charge in [0.25, 0.3) is 0 Å². The van der Waals surface area contributed by atoms with Crippen molar-refractivity contribution in [3.8, 4) is 0 Å². The van der Waals surface area contributed by atoms with Crippen LogP contribution in [0, 0.1) is 0 Å². The summed E-state index contributed by atoms with van der Waals surface area (Å²) < 4.78 is 20.6. The smallest absolute Gasteiger partial charge is 0.157 e. The van der Waals surface area contributed by atoms with E-state index in [9.17, 15) is 8.42 Å². The Labute approximate surface area is 53.9 Å². The van der Waals surface area contributed by atoms with Crippen molar-refractivity contribution in [2.75, 3.05) is 11.3 Å². The summed E-state index contributed by atoms with van der Waals surface area (Å²) in [6.07, 6.45) is 1.20. The van der Waals surface area contributed by atoms with Crippen LogP contribution in [0.5, 0.6) is 0 Å². The third kappa shape index (κ3) is 6.04. The molecule has 0 spiro atoms. The molecule has 2 nitrogen and oxygen atoms in total. The topological polar surface area (TPSA) is 34.1 Å². The molecule has 0 bridgehead atoms. The monoisotopic (exact) mass is 152 g/mol. The van der Waals surface area contributed by atoms with E-state index in [-0.39, 0.29) is 5.08 Å². The summed E-state index contributed by atoms with van der Waals surface area (Å²) in [7, 11) is -2.79. The van der Waals surface area contributed by atoms with Gasteiger partial charge in [-0.2, -0.15) is 0 Å². The molecule has 0 N–H and O–H groups in total. The van der Waals surface area contributed by atoms with Crippen molar-refractivity contribution in [3.63, 3.8) is 0 Å². The fourth-order valence-corrected chi connectivity index (χ4v) is 1.55. The highest BCUT2D eigenvalue weighted by atomic mass is 32.3. The minimum absolute atomic E-state index is 0.135. The predicted molar refractivity (Wildman–Crippen MR) is 37.5 cm³/mol. The van der Waals surface area contributed by atoms with E-state index in [0.29, 0.717) is 0 Å². The van der Waals surface area contributed by atoms with Gasteiger partial charge in [-0.25, -0.2) is 8.42 Å². The predicted octanol–water partition coefficient (Wildman–Crippen LogP) is 0.865. The molecule has 0 fully saturated rings. The molecule has 0 aliphatic carbocycles. The largest absolute Gasteiger partial charge is 0.228 e. The van der Waals surface area contributed by atoms with E-state index in [1.165, 1.54) is 23.4 Å². The maximum atomic E-state index is 10.3. The molecule has 48 valence electrons. The Kier molecular flexibility index (Phi) is 3.16. The standard InChI is InChI=1S/C4H8O2S2/c1-3-7-4-8(2,5)6/h3H,1,4H2,2H3. The van der Waals surface area contributed by atoms with E-state index in [4.69, 9.17) is 0 Å². The Hall–Kier alpha value is 0.0400. The molecule has 4 heteroatoms. The van der Waals surface area contributed by atoms with Crippen LogP contribution in [-0.4, -0.2) is 19.8 Å². The highest BCUT2D eigenvalue weighted by molar-refractivity contribution is 8.13. The molecule has 0 aliphatic heterocycles. The quantitative estimate of drug-likeness (QED) is 0.601. The minimum Gasteiger partial charge on any atom is -0.228 e. The van der Waals surface area contributed by atoms with Gasteiger partial charge in [-0.1, -0.05) is 6.58 Å². The third-order valence-electron chi connectivity index (χ3n) is 0.400. The molecule has 0 unspecified atom stereocenters. The van der Waals surface area contributed by atoms with E-state index >= 15 is 0 Å². The molecule has 0 atom stereocenters.